The number of halogens is 1. The Morgan fingerprint density at radius 3 is 2.77 bits per heavy atom. The van der Waals surface area contributed by atoms with Crippen molar-refractivity contribution in [2.75, 3.05) is 13.2 Å². The molecule has 2 aliphatic rings. The molecule has 0 spiro atoms. The normalized spacial score (nSPS) is 25.3. The molecule has 1 N–H and O–H groups in total. The van der Waals surface area contributed by atoms with Gasteiger partial charge in [-0.3, -0.25) is 4.79 Å². The molecule has 118 valence electrons. The Hall–Kier alpha value is -1.88. The summed E-state index contributed by atoms with van der Waals surface area (Å²) in [7, 11) is 0. The van der Waals surface area contributed by atoms with Crippen LogP contribution in [0.25, 0.3) is 0 Å². The third-order valence-corrected chi connectivity index (χ3v) is 4.37. The van der Waals surface area contributed by atoms with Crippen LogP contribution >= 0.6 is 0 Å². The second kappa shape index (κ2) is 6.08. The van der Waals surface area contributed by atoms with Gasteiger partial charge in [-0.25, -0.2) is 4.39 Å². The van der Waals surface area contributed by atoms with E-state index in [0.717, 1.165) is 12.0 Å². The smallest absolute Gasteiger partial charge is 0.253 e. The van der Waals surface area contributed by atoms with Crippen LogP contribution in [0.2, 0.25) is 0 Å². The molecule has 0 radical (unpaired) electrons. The molecule has 2 unspecified atom stereocenters. The third kappa shape index (κ3) is 2.86. The number of nitrogens with zero attached hydrogens (tertiary/aromatic N) is 1. The monoisotopic (exact) mass is 305 g/mol. The van der Waals surface area contributed by atoms with Crippen molar-refractivity contribution in [3.63, 3.8) is 0 Å². The first kappa shape index (κ1) is 15.0. The summed E-state index contributed by atoms with van der Waals surface area (Å²) in [6, 6.07) is 5.91. The summed E-state index contributed by atoms with van der Waals surface area (Å²) in [6.45, 7) is 2.76. The Balaban J connectivity index is 1.87. The number of β-amino-alcohol motifs (C(OH)–C–C–N with tert-alkyl or cyclic N) is 1. The number of likely N-dealkylation sites (tertiary alicyclic amines) is 1. The van der Waals surface area contributed by atoms with Crippen LogP contribution in [0.4, 0.5) is 4.39 Å². The molecule has 0 bridgehead atoms. The highest BCUT2D eigenvalue weighted by molar-refractivity contribution is 5.94. The quantitative estimate of drug-likeness (QED) is 0.913. The van der Waals surface area contributed by atoms with Crippen molar-refractivity contribution in [1.29, 1.82) is 0 Å². The van der Waals surface area contributed by atoms with Gasteiger partial charge in [-0.05, 0) is 43.9 Å². The van der Waals surface area contributed by atoms with Crippen molar-refractivity contribution < 1.29 is 19.0 Å². The molecule has 3 rings (SSSR count). The van der Waals surface area contributed by atoms with Crippen LogP contribution in [-0.2, 0) is 9.53 Å². The second-order valence-electron chi connectivity index (χ2n) is 5.90. The number of aliphatic hydroxyl groups is 1. The molecule has 0 saturated carbocycles. The Labute approximate surface area is 129 Å². The molecule has 1 fully saturated rings. The molecule has 4 nitrogen and oxygen atoms in total. The maximum Gasteiger partial charge on any atom is 0.253 e. The summed E-state index contributed by atoms with van der Waals surface area (Å²) >= 11 is 0. The summed E-state index contributed by atoms with van der Waals surface area (Å²) in [5.74, 6) is 0.290. The van der Waals surface area contributed by atoms with E-state index in [1.54, 1.807) is 17.0 Å². The van der Waals surface area contributed by atoms with E-state index in [0.29, 0.717) is 37.3 Å². The van der Waals surface area contributed by atoms with E-state index in [-0.39, 0.29) is 17.8 Å². The molecule has 2 heterocycles. The Morgan fingerprint density at radius 1 is 1.36 bits per heavy atom. The fourth-order valence-corrected chi connectivity index (χ4v) is 3.21. The zero-order valence-electron chi connectivity index (χ0n) is 12.6. The standard InChI is InChI=1S/C17H20FNO3/c1-11-15(3-2-8-22-11)17(21)19-10-14(20)9-16(19)12-4-6-13(18)7-5-12/h4-7,14,16,20H,2-3,8-10H2,1H3. The molecule has 2 aliphatic heterocycles. The zero-order chi connectivity index (χ0) is 15.7. The fourth-order valence-electron chi connectivity index (χ4n) is 3.21. The molecule has 22 heavy (non-hydrogen) atoms. The Kier molecular flexibility index (Phi) is 4.16. The first-order chi connectivity index (χ1) is 10.6. The number of carbonyl (C=O) groups excluding carboxylic acids is 1. The maximum absolute atomic E-state index is 13.1. The van der Waals surface area contributed by atoms with Crippen LogP contribution in [0.15, 0.2) is 35.6 Å². The number of benzene rings is 1. The van der Waals surface area contributed by atoms with Crippen LogP contribution in [0.5, 0.6) is 0 Å². The van der Waals surface area contributed by atoms with E-state index in [2.05, 4.69) is 0 Å². The van der Waals surface area contributed by atoms with Crippen LogP contribution in [0.3, 0.4) is 0 Å². The lowest BCUT2D eigenvalue weighted by atomic mass is 10.0. The first-order valence-electron chi connectivity index (χ1n) is 7.63. The molecule has 1 amide bonds. The molecule has 0 aromatic heterocycles. The van der Waals surface area contributed by atoms with Gasteiger partial charge in [-0.2, -0.15) is 0 Å². The molecule has 0 aliphatic carbocycles. The highest BCUT2D eigenvalue weighted by Crippen LogP contribution is 2.35. The van der Waals surface area contributed by atoms with Crippen LogP contribution < -0.4 is 0 Å². The minimum absolute atomic E-state index is 0.0805. The van der Waals surface area contributed by atoms with Gasteiger partial charge in [0.25, 0.3) is 5.91 Å². The van der Waals surface area contributed by atoms with Crippen LogP contribution in [-0.4, -0.2) is 35.2 Å². The number of rotatable bonds is 2. The van der Waals surface area contributed by atoms with Gasteiger partial charge in [0.15, 0.2) is 0 Å². The molecule has 2 atom stereocenters. The number of hydrogen-bond acceptors (Lipinski definition) is 3. The molecule has 1 aromatic rings. The number of hydrogen-bond donors (Lipinski definition) is 1. The lowest BCUT2D eigenvalue weighted by Crippen LogP contribution is -2.34. The van der Waals surface area contributed by atoms with Crippen molar-refractivity contribution in [2.24, 2.45) is 0 Å². The van der Waals surface area contributed by atoms with Gasteiger partial charge in [-0.1, -0.05) is 12.1 Å². The highest BCUT2D eigenvalue weighted by Gasteiger charge is 2.37. The predicted molar refractivity (Wildman–Crippen MR) is 79.4 cm³/mol. The number of ether oxygens (including phenoxy) is 1. The van der Waals surface area contributed by atoms with Crippen molar-refractivity contribution >= 4 is 5.91 Å². The van der Waals surface area contributed by atoms with Gasteiger partial charge in [-0.15, -0.1) is 0 Å². The summed E-state index contributed by atoms with van der Waals surface area (Å²) in [5, 5.41) is 9.98. The largest absolute Gasteiger partial charge is 0.498 e. The lowest BCUT2D eigenvalue weighted by molar-refractivity contribution is -0.129. The first-order valence-corrected chi connectivity index (χ1v) is 7.63. The summed E-state index contributed by atoms with van der Waals surface area (Å²) in [4.78, 5) is 14.5. The van der Waals surface area contributed by atoms with Gasteiger partial charge in [0.2, 0.25) is 0 Å². The summed E-state index contributed by atoms with van der Waals surface area (Å²) < 4.78 is 18.6. The molecule has 5 heteroatoms. The average Bonchev–Trinajstić information content (AvgIpc) is 2.90. The van der Waals surface area contributed by atoms with Gasteiger partial charge < -0.3 is 14.7 Å². The topological polar surface area (TPSA) is 49.8 Å². The summed E-state index contributed by atoms with van der Waals surface area (Å²) in [6.07, 6.45) is 1.46. The van der Waals surface area contributed by atoms with E-state index >= 15 is 0 Å². The van der Waals surface area contributed by atoms with Gasteiger partial charge in [0, 0.05) is 6.54 Å². The average molecular weight is 305 g/mol. The number of allylic oxidation sites excluding steroid dienone is 1. The molecular weight excluding hydrogens is 285 g/mol. The minimum Gasteiger partial charge on any atom is -0.498 e. The van der Waals surface area contributed by atoms with E-state index in [9.17, 15) is 14.3 Å². The Morgan fingerprint density at radius 2 is 2.09 bits per heavy atom. The minimum atomic E-state index is -0.551. The number of carbonyl (C=O) groups is 1. The predicted octanol–water partition coefficient (Wildman–Crippen LogP) is 2.54. The van der Waals surface area contributed by atoms with Gasteiger partial charge >= 0.3 is 0 Å². The van der Waals surface area contributed by atoms with E-state index in [1.165, 1.54) is 12.1 Å². The molecule has 1 aromatic carbocycles. The van der Waals surface area contributed by atoms with E-state index in [4.69, 9.17) is 4.74 Å². The van der Waals surface area contributed by atoms with Gasteiger partial charge in [0.1, 0.15) is 11.6 Å². The number of aliphatic hydroxyl groups excluding tert-OH is 1. The third-order valence-electron chi connectivity index (χ3n) is 4.37. The zero-order valence-corrected chi connectivity index (χ0v) is 12.6. The van der Waals surface area contributed by atoms with Gasteiger partial charge in [0.05, 0.1) is 24.3 Å². The second-order valence-corrected chi connectivity index (χ2v) is 5.90. The fraction of sp³-hybridized carbons (Fsp3) is 0.471. The van der Waals surface area contributed by atoms with E-state index < -0.39 is 6.10 Å². The Bertz CT molecular complexity index is 596. The molecular formula is C17H20FNO3. The lowest BCUT2D eigenvalue weighted by Gasteiger charge is -2.28. The van der Waals surface area contributed by atoms with Crippen LogP contribution in [0, 0.1) is 5.82 Å². The maximum atomic E-state index is 13.1. The van der Waals surface area contributed by atoms with Crippen molar-refractivity contribution in [3.8, 4) is 0 Å². The SMILES string of the molecule is CC1=C(C(=O)N2CC(O)CC2c2ccc(F)cc2)CCCO1. The van der Waals surface area contributed by atoms with Crippen LogP contribution in [0.1, 0.15) is 37.8 Å². The summed E-state index contributed by atoms with van der Waals surface area (Å²) in [5.41, 5.74) is 1.54. The van der Waals surface area contributed by atoms with Crippen molar-refractivity contribution in [1.82, 2.24) is 4.90 Å². The number of amides is 1. The molecule has 1 saturated heterocycles. The van der Waals surface area contributed by atoms with E-state index in [1.807, 2.05) is 6.92 Å². The van der Waals surface area contributed by atoms with Crippen molar-refractivity contribution in [3.05, 3.63) is 47.0 Å². The van der Waals surface area contributed by atoms with Crippen molar-refractivity contribution in [2.45, 2.75) is 38.3 Å². The highest BCUT2D eigenvalue weighted by atomic mass is 19.1.